The standard InChI is InChI=1S/C17H36O7/c1-15(2)23-13-17(4)24-14-16(3)22-12-11-21-10-9-20-8-7-19-6-5-18/h15-18H,5-14H2,1-4H3. The van der Waals surface area contributed by atoms with Gasteiger partial charge in [-0.05, 0) is 27.7 Å². The molecule has 146 valence electrons. The molecule has 0 aliphatic heterocycles. The van der Waals surface area contributed by atoms with E-state index in [-0.39, 0.29) is 24.9 Å². The first-order valence-electron chi connectivity index (χ1n) is 8.75. The summed E-state index contributed by atoms with van der Waals surface area (Å²) in [6.45, 7) is 12.6. The molecule has 0 radical (unpaired) electrons. The third-order valence-electron chi connectivity index (χ3n) is 2.89. The SMILES string of the molecule is CC(C)OCC(C)OCC(C)OCCOCCOCCOCCO. The van der Waals surface area contributed by atoms with Crippen molar-refractivity contribution in [1.82, 2.24) is 0 Å². The first kappa shape index (κ1) is 23.7. The first-order valence-corrected chi connectivity index (χ1v) is 8.75. The number of hydrogen-bond donors (Lipinski definition) is 1. The third kappa shape index (κ3) is 18.1. The molecule has 0 aliphatic carbocycles. The molecule has 0 aliphatic rings. The van der Waals surface area contributed by atoms with Gasteiger partial charge in [-0.25, -0.2) is 0 Å². The third-order valence-corrected chi connectivity index (χ3v) is 2.89. The topological polar surface area (TPSA) is 75.6 Å². The summed E-state index contributed by atoms with van der Waals surface area (Å²) in [5.74, 6) is 0. The lowest BCUT2D eigenvalue weighted by Gasteiger charge is -2.18. The summed E-state index contributed by atoms with van der Waals surface area (Å²) in [6.07, 6.45) is 0.308. The monoisotopic (exact) mass is 352 g/mol. The Balaban J connectivity index is 3.27. The van der Waals surface area contributed by atoms with Crippen LogP contribution in [0.15, 0.2) is 0 Å². The summed E-state index contributed by atoms with van der Waals surface area (Å²) in [5.41, 5.74) is 0. The van der Waals surface area contributed by atoms with Gasteiger partial charge in [0.2, 0.25) is 0 Å². The Morgan fingerprint density at radius 3 is 1.58 bits per heavy atom. The zero-order valence-corrected chi connectivity index (χ0v) is 15.7. The zero-order valence-electron chi connectivity index (χ0n) is 15.7. The molecule has 7 nitrogen and oxygen atoms in total. The minimum Gasteiger partial charge on any atom is -0.394 e. The van der Waals surface area contributed by atoms with Crippen molar-refractivity contribution in [3.8, 4) is 0 Å². The van der Waals surface area contributed by atoms with Crippen molar-refractivity contribution in [1.29, 1.82) is 0 Å². The van der Waals surface area contributed by atoms with Crippen molar-refractivity contribution in [3.63, 3.8) is 0 Å². The molecule has 7 heteroatoms. The predicted octanol–water partition coefficient (Wildman–Crippen LogP) is 1.26. The number of aliphatic hydroxyl groups is 1. The van der Waals surface area contributed by atoms with Crippen molar-refractivity contribution in [3.05, 3.63) is 0 Å². The normalized spacial score (nSPS) is 14.2. The smallest absolute Gasteiger partial charge is 0.0781 e. The molecule has 2 atom stereocenters. The van der Waals surface area contributed by atoms with Crippen LogP contribution in [0.2, 0.25) is 0 Å². The van der Waals surface area contributed by atoms with Crippen LogP contribution in [0.25, 0.3) is 0 Å². The van der Waals surface area contributed by atoms with Crippen LogP contribution in [0.5, 0.6) is 0 Å². The van der Waals surface area contributed by atoms with Gasteiger partial charge in [0.05, 0.1) is 84.4 Å². The fraction of sp³-hybridized carbons (Fsp3) is 1.00. The molecule has 0 fully saturated rings. The summed E-state index contributed by atoms with van der Waals surface area (Å²) < 4.78 is 32.6. The Morgan fingerprint density at radius 1 is 0.583 bits per heavy atom. The van der Waals surface area contributed by atoms with Crippen LogP contribution in [0.1, 0.15) is 27.7 Å². The Kier molecular flexibility index (Phi) is 17.3. The summed E-state index contributed by atoms with van der Waals surface area (Å²) in [5, 5.41) is 8.52. The highest BCUT2D eigenvalue weighted by atomic mass is 16.6. The van der Waals surface area contributed by atoms with Crippen molar-refractivity contribution >= 4 is 0 Å². The van der Waals surface area contributed by atoms with Gasteiger partial charge in [0.1, 0.15) is 0 Å². The van der Waals surface area contributed by atoms with Crippen molar-refractivity contribution in [2.45, 2.75) is 46.0 Å². The molecule has 0 rings (SSSR count). The van der Waals surface area contributed by atoms with E-state index in [9.17, 15) is 0 Å². The van der Waals surface area contributed by atoms with Gasteiger partial charge in [-0.15, -0.1) is 0 Å². The van der Waals surface area contributed by atoms with E-state index in [2.05, 4.69) is 0 Å². The quantitative estimate of drug-likeness (QED) is 0.372. The number of rotatable bonds is 18. The van der Waals surface area contributed by atoms with Crippen LogP contribution in [-0.2, 0) is 28.4 Å². The molecule has 0 heterocycles. The van der Waals surface area contributed by atoms with Gasteiger partial charge < -0.3 is 33.5 Å². The molecular weight excluding hydrogens is 316 g/mol. The number of aliphatic hydroxyl groups excluding tert-OH is 1. The lowest BCUT2D eigenvalue weighted by Crippen LogP contribution is -2.25. The molecule has 24 heavy (non-hydrogen) atoms. The zero-order chi connectivity index (χ0) is 18.0. The predicted molar refractivity (Wildman–Crippen MR) is 91.5 cm³/mol. The molecule has 0 bridgehead atoms. The average molecular weight is 352 g/mol. The maximum Gasteiger partial charge on any atom is 0.0781 e. The lowest BCUT2D eigenvalue weighted by molar-refractivity contribution is -0.0746. The molecule has 0 aromatic carbocycles. The van der Waals surface area contributed by atoms with Crippen LogP contribution in [0, 0.1) is 0 Å². The largest absolute Gasteiger partial charge is 0.394 e. The molecule has 1 N–H and O–H groups in total. The van der Waals surface area contributed by atoms with Gasteiger partial charge in [0.15, 0.2) is 0 Å². The maximum atomic E-state index is 8.52. The summed E-state index contributed by atoms with van der Waals surface area (Å²) in [7, 11) is 0. The maximum absolute atomic E-state index is 8.52. The van der Waals surface area contributed by atoms with Crippen molar-refractivity contribution < 1.29 is 33.5 Å². The summed E-state index contributed by atoms with van der Waals surface area (Å²) >= 11 is 0. The lowest BCUT2D eigenvalue weighted by atomic mass is 10.4. The summed E-state index contributed by atoms with van der Waals surface area (Å²) in [4.78, 5) is 0. The second-order valence-electron chi connectivity index (χ2n) is 5.77. The van der Waals surface area contributed by atoms with Gasteiger partial charge >= 0.3 is 0 Å². The van der Waals surface area contributed by atoms with E-state index in [4.69, 9.17) is 33.5 Å². The molecule has 0 amide bonds. The van der Waals surface area contributed by atoms with E-state index in [1.807, 2.05) is 27.7 Å². The van der Waals surface area contributed by atoms with E-state index < -0.39 is 0 Å². The molecule has 0 aromatic heterocycles. The molecule has 0 aromatic rings. The minimum absolute atomic E-state index is 0.0232. The van der Waals surface area contributed by atoms with Crippen LogP contribution >= 0.6 is 0 Å². The minimum atomic E-state index is 0.0232. The van der Waals surface area contributed by atoms with Crippen molar-refractivity contribution in [2.75, 3.05) is 66.1 Å². The van der Waals surface area contributed by atoms with E-state index in [1.54, 1.807) is 0 Å². The molecular formula is C17H36O7. The fourth-order valence-electron chi connectivity index (χ4n) is 1.64. The van der Waals surface area contributed by atoms with Gasteiger partial charge in [-0.3, -0.25) is 0 Å². The molecule has 2 unspecified atom stereocenters. The van der Waals surface area contributed by atoms with Crippen LogP contribution in [0.3, 0.4) is 0 Å². The Bertz CT molecular complexity index is 251. The molecule has 0 saturated heterocycles. The van der Waals surface area contributed by atoms with E-state index >= 15 is 0 Å². The van der Waals surface area contributed by atoms with Gasteiger partial charge in [-0.1, -0.05) is 0 Å². The Labute approximate surface area is 146 Å². The van der Waals surface area contributed by atoms with E-state index in [0.717, 1.165) is 0 Å². The van der Waals surface area contributed by atoms with Gasteiger partial charge in [0, 0.05) is 0 Å². The van der Waals surface area contributed by atoms with E-state index in [1.165, 1.54) is 0 Å². The van der Waals surface area contributed by atoms with Crippen molar-refractivity contribution in [2.24, 2.45) is 0 Å². The Hall–Kier alpha value is -0.280. The fourth-order valence-corrected chi connectivity index (χ4v) is 1.64. The second kappa shape index (κ2) is 17.5. The molecule has 0 saturated carbocycles. The van der Waals surface area contributed by atoms with Gasteiger partial charge in [0.25, 0.3) is 0 Å². The highest BCUT2D eigenvalue weighted by Gasteiger charge is 2.08. The first-order chi connectivity index (χ1) is 11.6. The van der Waals surface area contributed by atoms with Gasteiger partial charge in [-0.2, -0.15) is 0 Å². The van der Waals surface area contributed by atoms with E-state index in [0.29, 0.717) is 59.5 Å². The number of ether oxygens (including phenoxy) is 6. The average Bonchev–Trinajstić information content (AvgIpc) is 2.56. The second-order valence-corrected chi connectivity index (χ2v) is 5.77. The molecule has 0 spiro atoms. The van der Waals surface area contributed by atoms with Crippen LogP contribution < -0.4 is 0 Å². The van der Waals surface area contributed by atoms with Crippen LogP contribution in [0.4, 0.5) is 0 Å². The highest BCUT2D eigenvalue weighted by molar-refractivity contribution is 4.53. The van der Waals surface area contributed by atoms with Crippen LogP contribution in [-0.4, -0.2) is 89.5 Å². The summed E-state index contributed by atoms with van der Waals surface area (Å²) in [6, 6.07) is 0. The Morgan fingerprint density at radius 2 is 1.04 bits per heavy atom. The number of hydrogen-bond acceptors (Lipinski definition) is 7. The highest BCUT2D eigenvalue weighted by Crippen LogP contribution is 1.99.